The largest absolute Gasteiger partial charge is 0.508 e. The van der Waals surface area contributed by atoms with Crippen LogP contribution in [0, 0.1) is 0 Å². The van der Waals surface area contributed by atoms with E-state index in [1.54, 1.807) is 24.3 Å². The van der Waals surface area contributed by atoms with Crippen LogP contribution in [0.25, 0.3) is 0 Å². The molecular formula is C9H12Cl2O. The molecule has 0 heterocycles. The molecule has 0 atom stereocenters. The molecule has 12 heavy (non-hydrogen) atoms. The van der Waals surface area contributed by atoms with E-state index in [0.717, 1.165) is 0 Å². The van der Waals surface area contributed by atoms with Gasteiger partial charge in [-0.25, -0.2) is 0 Å². The Hall–Kier alpha value is -0.400. The van der Waals surface area contributed by atoms with Gasteiger partial charge in [0.05, 0.1) is 0 Å². The second-order valence-corrected chi connectivity index (χ2v) is 2.96. The van der Waals surface area contributed by atoms with Gasteiger partial charge in [-0.1, -0.05) is 55.2 Å². The highest BCUT2D eigenvalue weighted by atomic mass is 35.5. The molecule has 0 aliphatic rings. The first-order valence-electron chi connectivity index (χ1n) is 3.78. The Balaban J connectivity index is 0.000000561. The zero-order valence-electron chi connectivity index (χ0n) is 7.09. The molecule has 0 saturated carbocycles. The zero-order valence-corrected chi connectivity index (χ0v) is 8.60. The van der Waals surface area contributed by atoms with Crippen molar-refractivity contribution in [3.63, 3.8) is 0 Å². The maximum absolute atomic E-state index is 9.11. The van der Waals surface area contributed by atoms with Crippen LogP contribution in [-0.4, -0.2) is 5.11 Å². The van der Waals surface area contributed by atoms with Gasteiger partial charge in [0.2, 0.25) is 0 Å². The van der Waals surface area contributed by atoms with E-state index in [-0.39, 0.29) is 5.75 Å². The van der Waals surface area contributed by atoms with Gasteiger partial charge in [0, 0.05) is 5.56 Å². The van der Waals surface area contributed by atoms with E-state index in [1.807, 2.05) is 13.8 Å². The van der Waals surface area contributed by atoms with Crippen molar-refractivity contribution in [1.29, 1.82) is 0 Å². The lowest BCUT2D eigenvalue weighted by atomic mass is 10.2. The summed E-state index contributed by atoms with van der Waals surface area (Å²) in [5, 5.41) is 9.11. The third-order valence-corrected chi connectivity index (χ3v) is 1.64. The topological polar surface area (TPSA) is 20.2 Å². The minimum atomic E-state index is -0.652. The summed E-state index contributed by atoms with van der Waals surface area (Å²) in [4.78, 5) is -0.652. The van der Waals surface area contributed by atoms with Gasteiger partial charge in [0.15, 0.2) is 0 Å². The Bertz CT molecular complexity index is 224. The normalized spacial score (nSPS) is 9.08. The second kappa shape index (κ2) is 6.15. The first-order chi connectivity index (χ1) is 5.72. The lowest BCUT2D eigenvalue weighted by molar-refractivity contribution is 0.470. The van der Waals surface area contributed by atoms with E-state index in [1.165, 1.54) is 0 Å². The third kappa shape index (κ3) is 3.33. The number of alkyl halides is 2. The van der Waals surface area contributed by atoms with Crippen LogP contribution in [0.3, 0.4) is 0 Å². The maximum Gasteiger partial charge on any atom is 0.136 e. The molecule has 0 saturated heterocycles. The Labute approximate surface area is 82.9 Å². The summed E-state index contributed by atoms with van der Waals surface area (Å²) in [6.07, 6.45) is 0. The van der Waals surface area contributed by atoms with Crippen LogP contribution < -0.4 is 0 Å². The summed E-state index contributed by atoms with van der Waals surface area (Å²) in [5.41, 5.74) is 0.547. The smallest absolute Gasteiger partial charge is 0.136 e. The Kier molecular flexibility index (Phi) is 5.95. The standard InChI is InChI=1S/C7H6Cl2O.C2H6/c8-7(9)5-3-1-2-4-6(5)10;1-2/h1-4,7,10H;1-2H3. The number of phenols is 1. The van der Waals surface area contributed by atoms with Crippen LogP contribution in [0.4, 0.5) is 0 Å². The molecule has 1 rings (SSSR count). The van der Waals surface area contributed by atoms with Gasteiger partial charge < -0.3 is 5.11 Å². The Morgan fingerprint density at radius 1 is 1.17 bits per heavy atom. The lowest BCUT2D eigenvalue weighted by Crippen LogP contribution is -1.80. The maximum atomic E-state index is 9.11. The minimum Gasteiger partial charge on any atom is -0.508 e. The molecule has 1 nitrogen and oxygen atoms in total. The Morgan fingerprint density at radius 3 is 2.00 bits per heavy atom. The van der Waals surface area contributed by atoms with Crippen molar-refractivity contribution >= 4 is 23.2 Å². The Morgan fingerprint density at radius 2 is 1.67 bits per heavy atom. The van der Waals surface area contributed by atoms with E-state index in [0.29, 0.717) is 5.56 Å². The summed E-state index contributed by atoms with van der Waals surface area (Å²) in [6.45, 7) is 4.00. The van der Waals surface area contributed by atoms with Crippen molar-refractivity contribution in [2.45, 2.75) is 18.7 Å². The number of para-hydroxylation sites is 1. The summed E-state index contributed by atoms with van der Waals surface area (Å²) >= 11 is 11.0. The van der Waals surface area contributed by atoms with Crippen LogP contribution in [-0.2, 0) is 0 Å². The number of hydrogen-bond acceptors (Lipinski definition) is 1. The van der Waals surface area contributed by atoms with Crippen molar-refractivity contribution in [3.05, 3.63) is 29.8 Å². The van der Waals surface area contributed by atoms with Crippen molar-refractivity contribution in [2.24, 2.45) is 0 Å². The summed E-state index contributed by atoms with van der Waals surface area (Å²) in [7, 11) is 0. The van der Waals surface area contributed by atoms with Gasteiger partial charge in [0.1, 0.15) is 10.6 Å². The number of halogens is 2. The summed E-state index contributed by atoms with van der Waals surface area (Å²) < 4.78 is 0. The molecule has 1 N–H and O–H groups in total. The molecule has 0 amide bonds. The van der Waals surface area contributed by atoms with Crippen molar-refractivity contribution < 1.29 is 5.11 Å². The van der Waals surface area contributed by atoms with Crippen LogP contribution >= 0.6 is 23.2 Å². The predicted molar refractivity (Wildman–Crippen MR) is 53.9 cm³/mol. The average Bonchev–Trinajstić information content (AvgIpc) is 2.08. The van der Waals surface area contributed by atoms with Crippen LogP contribution in [0.2, 0.25) is 0 Å². The zero-order chi connectivity index (χ0) is 9.56. The minimum absolute atomic E-state index is 0.137. The number of hydrogen-bond donors (Lipinski definition) is 1. The molecule has 0 spiro atoms. The molecule has 3 heteroatoms. The second-order valence-electron chi connectivity index (χ2n) is 1.86. The van der Waals surface area contributed by atoms with Crippen LogP contribution in [0.1, 0.15) is 24.2 Å². The van der Waals surface area contributed by atoms with Gasteiger partial charge >= 0.3 is 0 Å². The fourth-order valence-electron chi connectivity index (χ4n) is 0.672. The van der Waals surface area contributed by atoms with Gasteiger partial charge in [-0.05, 0) is 6.07 Å². The molecule has 0 aliphatic heterocycles. The molecule has 0 radical (unpaired) electrons. The molecule has 0 bridgehead atoms. The molecular weight excluding hydrogens is 195 g/mol. The highest BCUT2D eigenvalue weighted by Gasteiger charge is 2.06. The lowest BCUT2D eigenvalue weighted by Gasteiger charge is -2.02. The van der Waals surface area contributed by atoms with Gasteiger partial charge in [0.25, 0.3) is 0 Å². The fourth-order valence-corrected chi connectivity index (χ4v) is 1.04. The molecule has 0 fully saturated rings. The van der Waals surface area contributed by atoms with E-state index in [4.69, 9.17) is 28.3 Å². The average molecular weight is 207 g/mol. The SMILES string of the molecule is CC.Oc1ccccc1C(Cl)Cl. The fraction of sp³-hybridized carbons (Fsp3) is 0.333. The third-order valence-electron chi connectivity index (χ3n) is 1.17. The van der Waals surface area contributed by atoms with E-state index >= 15 is 0 Å². The molecule has 68 valence electrons. The summed E-state index contributed by atoms with van der Waals surface area (Å²) in [6, 6.07) is 6.72. The van der Waals surface area contributed by atoms with Crippen molar-refractivity contribution in [2.75, 3.05) is 0 Å². The number of benzene rings is 1. The first-order valence-corrected chi connectivity index (χ1v) is 4.65. The van der Waals surface area contributed by atoms with E-state index < -0.39 is 4.84 Å². The molecule has 1 aromatic rings. The number of aromatic hydroxyl groups is 1. The van der Waals surface area contributed by atoms with Crippen molar-refractivity contribution in [1.82, 2.24) is 0 Å². The van der Waals surface area contributed by atoms with Gasteiger partial charge in [-0.15, -0.1) is 0 Å². The molecule has 0 unspecified atom stereocenters. The van der Waals surface area contributed by atoms with Crippen molar-refractivity contribution in [3.8, 4) is 5.75 Å². The monoisotopic (exact) mass is 206 g/mol. The van der Waals surface area contributed by atoms with Gasteiger partial charge in [-0.3, -0.25) is 0 Å². The quantitative estimate of drug-likeness (QED) is 0.692. The molecule has 0 aliphatic carbocycles. The van der Waals surface area contributed by atoms with Crippen LogP contribution in [0.15, 0.2) is 24.3 Å². The molecule has 1 aromatic carbocycles. The predicted octanol–water partition coefficient (Wildman–Crippen LogP) is 3.89. The molecule has 0 aromatic heterocycles. The number of rotatable bonds is 1. The highest BCUT2D eigenvalue weighted by Crippen LogP contribution is 2.30. The van der Waals surface area contributed by atoms with Gasteiger partial charge in [-0.2, -0.15) is 0 Å². The van der Waals surface area contributed by atoms with E-state index in [9.17, 15) is 0 Å². The highest BCUT2D eigenvalue weighted by molar-refractivity contribution is 6.44. The van der Waals surface area contributed by atoms with E-state index in [2.05, 4.69) is 0 Å². The van der Waals surface area contributed by atoms with Crippen LogP contribution in [0.5, 0.6) is 5.75 Å². The number of phenolic OH excluding ortho intramolecular Hbond substituents is 1. The first kappa shape index (κ1) is 11.6. The summed E-state index contributed by atoms with van der Waals surface area (Å²) in [5.74, 6) is 0.137.